The van der Waals surface area contributed by atoms with Crippen LogP contribution in [0.1, 0.15) is 11.1 Å². The van der Waals surface area contributed by atoms with Crippen LogP contribution in [0.3, 0.4) is 0 Å². The zero-order valence-electron chi connectivity index (χ0n) is 9.45. The van der Waals surface area contributed by atoms with Crippen LogP contribution in [0.25, 0.3) is 0 Å². The zero-order chi connectivity index (χ0) is 11.7. The molecule has 0 saturated carbocycles. The van der Waals surface area contributed by atoms with E-state index >= 15 is 0 Å². The quantitative estimate of drug-likeness (QED) is 0.878. The van der Waals surface area contributed by atoms with Gasteiger partial charge in [-0.1, -0.05) is 12.1 Å². The Labute approximate surface area is 99.5 Å². The lowest BCUT2D eigenvalue weighted by Gasteiger charge is -2.43. The topological polar surface area (TPSA) is 25.2 Å². The van der Waals surface area contributed by atoms with E-state index in [1.54, 1.807) is 24.7 Å². The van der Waals surface area contributed by atoms with Crippen molar-refractivity contribution in [2.75, 3.05) is 13.1 Å². The third kappa shape index (κ3) is 1.87. The summed E-state index contributed by atoms with van der Waals surface area (Å²) in [6.45, 7) is 1.78. The van der Waals surface area contributed by atoms with Gasteiger partial charge in [0, 0.05) is 18.5 Å². The molecule has 2 nitrogen and oxygen atoms in total. The molecule has 0 amide bonds. The highest BCUT2D eigenvalue weighted by Crippen LogP contribution is 2.32. The van der Waals surface area contributed by atoms with Gasteiger partial charge >= 0.3 is 0 Å². The van der Waals surface area contributed by atoms with Crippen molar-refractivity contribution in [3.05, 3.63) is 59.8 Å². The van der Waals surface area contributed by atoms with Crippen molar-refractivity contribution in [1.82, 2.24) is 5.32 Å². The summed E-state index contributed by atoms with van der Waals surface area (Å²) in [5.41, 5.74) is 2.25. The Morgan fingerprint density at radius 1 is 1.29 bits per heavy atom. The fraction of sp³-hybridized carbons (Fsp3) is 0.286. The minimum absolute atomic E-state index is 0.0198. The van der Waals surface area contributed by atoms with Gasteiger partial charge in [0.2, 0.25) is 0 Å². The van der Waals surface area contributed by atoms with Crippen molar-refractivity contribution in [3.8, 4) is 0 Å². The summed E-state index contributed by atoms with van der Waals surface area (Å²) in [5.74, 6) is -0.166. The molecule has 2 aromatic rings. The smallest absolute Gasteiger partial charge is 0.123 e. The summed E-state index contributed by atoms with van der Waals surface area (Å²) in [5, 5.41) is 3.28. The van der Waals surface area contributed by atoms with Crippen LogP contribution in [0.15, 0.2) is 47.3 Å². The van der Waals surface area contributed by atoms with E-state index in [9.17, 15) is 4.39 Å². The fourth-order valence-corrected chi connectivity index (χ4v) is 2.46. The third-order valence-electron chi connectivity index (χ3n) is 3.49. The molecule has 3 heteroatoms. The van der Waals surface area contributed by atoms with Gasteiger partial charge in [0.15, 0.2) is 0 Å². The lowest BCUT2D eigenvalue weighted by Crippen LogP contribution is -2.58. The van der Waals surface area contributed by atoms with E-state index in [0.29, 0.717) is 0 Å². The SMILES string of the molecule is Fc1cccc(C2(Cc3ccoc3)CNC2)c1. The molecular formula is C14H14FNO. The number of halogens is 1. The van der Waals surface area contributed by atoms with Crippen LogP contribution in [0, 0.1) is 5.82 Å². The molecule has 1 fully saturated rings. The summed E-state index contributed by atoms with van der Waals surface area (Å²) in [4.78, 5) is 0. The average molecular weight is 231 g/mol. The normalized spacial score (nSPS) is 17.7. The summed E-state index contributed by atoms with van der Waals surface area (Å²) >= 11 is 0. The van der Waals surface area contributed by atoms with E-state index in [0.717, 1.165) is 30.6 Å². The summed E-state index contributed by atoms with van der Waals surface area (Å²) in [6.07, 6.45) is 4.33. The van der Waals surface area contributed by atoms with Crippen molar-refractivity contribution in [3.63, 3.8) is 0 Å². The summed E-state index contributed by atoms with van der Waals surface area (Å²) in [7, 11) is 0. The molecule has 0 radical (unpaired) electrons. The van der Waals surface area contributed by atoms with Crippen LogP contribution in [-0.4, -0.2) is 13.1 Å². The summed E-state index contributed by atoms with van der Waals surface area (Å²) < 4.78 is 18.4. The first kappa shape index (κ1) is 10.5. The highest BCUT2D eigenvalue weighted by molar-refractivity contribution is 5.33. The first-order valence-electron chi connectivity index (χ1n) is 5.76. The standard InChI is InChI=1S/C14H14FNO/c15-13-3-1-2-12(6-13)14(9-16-10-14)7-11-4-5-17-8-11/h1-6,8,16H,7,9-10H2. The van der Waals surface area contributed by atoms with Gasteiger partial charge in [0.25, 0.3) is 0 Å². The van der Waals surface area contributed by atoms with Gasteiger partial charge in [-0.25, -0.2) is 4.39 Å². The minimum atomic E-state index is -0.166. The van der Waals surface area contributed by atoms with E-state index < -0.39 is 0 Å². The largest absolute Gasteiger partial charge is 0.472 e. The van der Waals surface area contributed by atoms with E-state index in [2.05, 4.69) is 5.32 Å². The van der Waals surface area contributed by atoms with Gasteiger partial charge in [0.1, 0.15) is 5.82 Å². The second kappa shape index (κ2) is 4.00. The average Bonchev–Trinajstić information content (AvgIpc) is 2.76. The Bertz CT molecular complexity index is 503. The van der Waals surface area contributed by atoms with Crippen LogP contribution in [0.5, 0.6) is 0 Å². The van der Waals surface area contributed by atoms with Crippen molar-refractivity contribution in [2.24, 2.45) is 0 Å². The summed E-state index contributed by atoms with van der Waals surface area (Å²) in [6, 6.07) is 8.88. The van der Waals surface area contributed by atoms with Crippen LogP contribution in [0.2, 0.25) is 0 Å². The van der Waals surface area contributed by atoms with E-state index in [-0.39, 0.29) is 11.2 Å². The van der Waals surface area contributed by atoms with Crippen LogP contribution >= 0.6 is 0 Å². The molecular weight excluding hydrogens is 217 g/mol. The molecule has 1 aromatic heterocycles. The number of rotatable bonds is 3. The Balaban J connectivity index is 1.92. The molecule has 3 rings (SSSR count). The van der Waals surface area contributed by atoms with Gasteiger partial charge in [-0.15, -0.1) is 0 Å². The first-order chi connectivity index (χ1) is 8.28. The van der Waals surface area contributed by atoms with Gasteiger partial charge in [-0.05, 0) is 35.7 Å². The number of furan rings is 1. The van der Waals surface area contributed by atoms with Gasteiger partial charge in [-0.3, -0.25) is 0 Å². The minimum Gasteiger partial charge on any atom is -0.472 e. The maximum absolute atomic E-state index is 13.3. The van der Waals surface area contributed by atoms with E-state index in [4.69, 9.17) is 4.42 Å². The second-order valence-electron chi connectivity index (χ2n) is 4.70. The molecule has 1 aliphatic rings. The molecule has 0 unspecified atom stereocenters. The lowest BCUT2D eigenvalue weighted by molar-refractivity contribution is 0.273. The molecule has 1 N–H and O–H groups in total. The Kier molecular flexibility index (Phi) is 2.48. The molecule has 0 bridgehead atoms. The fourth-order valence-electron chi connectivity index (χ4n) is 2.46. The highest BCUT2D eigenvalue weighted by Gasteiger charge is 2.39. The van der Waals surface area contributed by atoms with Crippen molar-refractivity contribution in [1.29, 1.82) is 0 Å². The predicted molar refractivity (Wildman–Crippen MR) is 63.4 cm³/mol. The maximum Gasteiger partial charge on any atom is 0.123 e. The maximum atomic E-state index is 13.3. The number of benzene rings is 1. The molecule has 1 aliphatic heterocycles. The molecule has 1 aromatic carbocycles. The van der Waals surface area contributed by atoms with Crippen molar-refractivity contribution < 1.29 is 8.81 Å². The number of hydrogen-bond acceptors (Lipinski definition) is 2. The molecule has 17 heavy (non-hydrogen) atoms. The molecule has 0 aliphatic carbocycles. The highest BCUT2D eigenvalue weighted by atomic mass is 19.1. The van der Waals surface area contributed by atoms with Crippen molar-refractivity contribution >= 4 is 0 Å². The monoisotopic (exact) mass is 231 g/mol. The molecule has 88 valence electrons. The first-order valence-corrected chi connectivity index (χ1v) is 5.76. The van der Waals surface area contributed by atoms with E-state index in [1.165, 1.54) is 6.07 Å². The lowest BCUT2D eigenvalue weighted by atomic mass is 9.71. The van der Waals surface area contributed by atoms with E-state index in [1.807, 2.05) is 12.1 Å². The number of hydrogen-bond donors (Lipinski definition) is 1. The number of nitrogens with one attached hydrogen (secondary N) is 1. The Morgan fingerprint density at radius 3 is 2.76 bits per heavy atom. The zero-order valence-corrected chi connectivity index (χ0v) is 9.45. The van der Waals surface area contributed by atoms with Crippen LogP contribution in [0.4, 0.5) is 4.39 Å². The molecule has 0 atom stereocenters. The van der Waals surface area contributed by atoms with Crippen molar-refractivity contribution in [2.45, 2.75) is 11.8 Å². The molecule has 0 spiro atoms. The van der Waals surface area contributed by atoms with Gasteiger partial charge in [-0.2, -0.15) is 0 Å². The second-order valence-corrected chi connectivity index (χ2v) is 4.70. The van der Waals surface area contributed by atoms with Crippen LogP contribution < -0.4 is 5.32 Å². The predicted octanol–water partition coefficient (Wildman–Crippen LogP) is 2.50. The van der Waals surface area contributed by atoms with Gasteiger partial charge < -0.3 is 9.73 Å². The Hall–Kier alpha value is -1.61. The molecule has 1 saturated heterocycles. The van der Waals surface area contributed by atoms with Gasteiger partial charge in [0.05, 0.1) is 12.5 Å². The third-order valence-corrected chi connectivity index (χ3v) is 3.49. The van der Waals surface area contributed by atoms with Crippen LogP contribution in [-0.2, 0) is 11.8 Å². The Morgan fingerprint density at radius 2 is 2.18 bits per heavy atom. The molecule has 2 heterocycles.